The maximum absolute atomic E-state index is 8.49. The average Bonchev–Trinajstić information content (AvgIpc) is 2.92. The van der Waals surface area contributed by atoms with Gasteiger partial charge in [0.2, 0.25) is 0 Å². The number of rotatable bonds is 9. The van der Waals surface area contributed by atoms with E-state index in [-0.39, 0.29) is 17.1 Å². The fourth-order valence-corrected chi connectivity index (χ4v) is 4.94. The van der Waals surface area contributed by atoms with Gasteiger partial charge in [-0.05, 0) is 76.8 Å². The molecule has 0 atom stereocenters. The van der Waals surface area contributed by atoms with Crippen molar-refractivity contribution in [3.63, 3.8) is 0 Å². The van der Waals surface area contributed by atoms with Crippen LogP contribution in [-0.4, -0.2) is 68.9 Å². The summed E-state index contributed by atoms with van der Waals surface area (Å²) in [5.74, 6) is 0. The van der Waals surface area contributed by atoms with E-state index < -0.39 is 20.5 Å². The molecule has 14 nitrogen and oxygen atoms in total. The molecule has 17 heteroatoms. The molecule has 1 saturated carbocycles. The molecule has 1 aliphatic rings. The van der Waals surface area contributed by atoms with Crippen molar-refractivity contribution in [3.8, 4) is 0 Å². The van der Waals surface area contributed by atoms with Crippen molar-refractivity contribution in [1.82, 2.24) is 29.7 Å². The Morgan fingerprint density at radius 1 is 0.523 bits per heavy atom. The van der Waals surface area contributed by atoms with Crippen molar-refractivity contribution in [3.05, 3.63) is 90.3 Å². The van der Waals surface area contributed by atoms with Gasteiger partial charge in [-0.15, -0.1) is 20.5 Å². The van der Waals surface area contributed by atoms with E-state index in [1.54, 1.807) is 0 Å². The minimum absolute atomic E-state index is 0. The number of aromatic nitrogens is 3. The van der Waals surface area contributed by atoms with Gasteiger partial charge < -0.3 is 0 Å². The molecule has 0 aromatic carbocycles. The summed E-state index contributed by atoms with van der Waals surface area (Å²) in [6.07, 6.45) is 9.12. The van der Waals surface area contributed by atoms with E-state index in [1.807, 2.05) is 36.8 Å². The minimum Gasteiger partial charge on any atom is -0.297 e. The molecule has 44 heavy (non-hydrogen) atoms. The van der Waals surface area contributed by atoms with Crippen LogP contribution in [0.3, 0.4) is 0 Å². The molecule has 1 fully saturated rings. The van der Waals surface area contributed by atoms with Crippen molar-refractivity contribution in [2.24, 2.45) is 0 Å². The predicted octanol–water partition coefficient (Wildman–Crippen LogP) is -5.66. The third-order valence-corrected chi connectivity index (χ3v) is 6.92. The van der Waals surface area contributed by atoms with E-state index >= 15 is 0 Å². The van der Waals surface area contributed by atoms with Gasteiger partial charge in [0.15, 0.2) is 0 Å². The topological polar surface area (TPSA) is 233 Å². The molecule has 0 unspecified atom stereocenters. The number of halogens is 2. The molecule has 0 saturated heterocycles. The standard InChI is InChI=1S/C27H36N6.2ClHO4.Cu/c1-31(19-22-10-4-7-13-28-22)25-16-26(32(2)20-23-11-5-8-14-29-23)18-27(17-25)33(3)21-24-12-6-9-15-30-24;2*2-1(3,4)5;/h4-15,25-27H,16-21H2,1-3H3;2*(H,2,3,4,5);/q;;;+2/p-2. The molecule has 0 aliphatic heterocycles. The number of nitrogens with zero attached hydrogens (tertiary/aromatic N) is 6. The number of hydrogen-bond donors (Lipinski definition) is 0. The number of pyridine rings is 3. The first-order valence-corrected chi connectivity index (χ1v) is 15.6. The fourth-order valence-electron chi connectivity index (χ4n) is 4.94. The molecule has 1 aliphatic carbocycles. The van der Waals surface area contributed by atoms with E-state index in [0.717, 1.165) is 56.0 Å². The second-order valence-corrected chi connectivity index (χ2v) is 11.6. The monoisotopic (exact) mass is 705 g/mol. The van der Waals surface area contributed by atoms with Crippen LogP contribution in [0.1, 0.15) is 36.3 Å². The second-order valence-electron chi connectivity index (χ2n) is 10.1. The quantitative estimate of drug-likeness (QED) is 0.189. The van der Waals surface area contributed by atoms with Crippen LogP contribution in [0.15, 0.2) is 73.2 Å². The van der Waals surface area contributed by atoms with Gasteiger partial charge in [0.05, 0.1) is 17.1 Å². The van der Waals surface area contributed by atoms with Crippen molar-refractivity contribution in [2.75, 3.05) is 21.1 Å². The Morgan fingerprint density at radius 2 is 0.750 bits per heavy atom. The summed E-state index contributed by atoms with van der Waals surface area (Å²) in [5.41, 5.74) is 3.38. The Hall–Kier alpha value is -1.89. The Labute approximate surface area is 272 Å². The zero-order chi connectivity index (χ0) is 32.0. The molecule has 0 spiro atoms. The zero-order valence-corrected chi connectivity index (χ0v) is 26.9. The molecular formula is C27H36Cl2CuN6O8. The molecule has 3 aromatic heterocycles. The fraction of sp³-hybridized carbons (Fsp3) is 0.444. The molecule has 4 rings (SSSR count). The van der Waals surface area contributed by atoms with Crippen LogP contribution in [0.25, 0.3) is 0 Å². The van der Waals surface area contributed by atoms with E-state index in [0.29, 0.717) is 18.1 Å². The third-order valence-electron chi connectivity index (χ3n) is 6.92. The van der Waals surface area contributed by atoms with Gasteiger partial charge in [-0.25, -0.2) is 37.3 Å². The molecular weight excluding hydrogens is 671 g/mol. The Balaban J connectivity index is 0.000000765. The summed E-state index contributed by atoms with van der Waals surface area (Å²) in [6.45, 7) is 2.62. The molecule has 3 aromatic rings. The summed E-state index contributed by atoms with van der Waals surface area (Å²) >= 11 is 0. The smallest absolute Gasteiger partial charge is 0.297 e. The van der Waals surface area contributed by atoms with Crippen molar-refractivity contribution in [1.29, 1.82) is 0 Å². The van der Waals surface area contributed by atoms with Crippen molar-refractivity contribution < 1.29 is 74.8 Å². The minimum atomic E-state index is -4.94. The molecule has 1 radical (unpaired) electrons. The van der Waals surface area contributed by atoms with Crippen LogP contribution in [0, 0.1) is 20.5 Å². The largest absolute Gasteiger partial charge is 2.00 e. The summed E-state index contributed by atoms with van der Waals surface area (Å²) < 4.78 is 67.9. The van der Waals surface area contributed by atoms with Crippen molar-refractivity contribution >= 4 is 0 Å². The first-order valence-electron chi connectivity index (χ1n) is 13.1. The van der Waals surface area contributed by atoms with Crippen LogP contribution in [0.2, 0.25) is 0 Å². The summed E-state index contributed by atoms with van der Waals surface area (Å²) in [7, 11) is -3.15. The van der Waals surface area contributed by atoms with Gasteiger partial charge in [0, 0.05) is 56.4 Å². The first kappa shape index (κ1) is 40.1. The molecule has 3 heterocycles. The third kappa shape index (κ3) is 18.2. The van der Waals surface area contributed by atoms with E-state index in [1.165, 1.54) is 0 Å². The summed E-state index contributed by atoms with van der Waals surface area (Å²) in [5, 5.41) is 0. The first-order chi connectivity index (χ1) is 20.1. The Morgan fingerprint density at radius 3 is 0.932 bits per heavy atom. The van der Waals surface area contributed by atoms with Crippen LogP contribution in [0.5, 0.6) is 0 Å². The van der Waals surface area contributed by atoms with Crippen LogP contribution in [0.4, 0.5) is 0 Å². The summed E-state index contributed by atoms with van der Waals surface area (Å²) in [6, 6.07) is 20.0. The van der Waals surface area contributed by atoms with Crippen LogP contribution >= 0.6 is 0 Å². The van der Waals surface area contributed by atoms with Crippen LogP contribution < -0.4 is 37.3 Å². The second kappa shape index (κ2) is 19.6. The van der Waals surface area contributed by atoms with Gasteiger partial charge in [-0.2, -0.15) is 0 Å². The van der Waals surface area contributed by atoms with E-state index in [9.17, 15) is 0 Å². The molecule has 247 valence electrons. The summed E-state index contributed by atoms with van der Waals surface area (Å²) in [4.78, 5) is 21.1. The van der Waals surface area contributed by atoms with Crippen LogP contribution in [-0.2, 0) is 36.7 Å². The Kier molecular flexibility index (Phi) is 17.9. The molecule has 0 bridgehead atoms. The Bertz CT molecular complexity index is 1010. The maximum atomic E-state index is 8.49. The predicted molar refractivity (Wildman–Crippen MR) is 132 cm³/mol. The maximum Gasteiger partial charge on any atom is 2.00 e. The molecule has 0 amide bonds. The van der Waals surface area contributed by atoms with Gasteiger partial charge in [-0.1, -0.05) is 18.2 Å². The normalized spacial score (nSPS) is 18.5. The van der Waals surface area contributed by atoms with Gasteiger partial charge in [0.25, 0.3) is 0 Å². The van der Waals surface area contributed by atoms with E-state index in [4.69, 9.17) is 37.3 Å². The molecule has 0 N–H and O–H groups in total. The average molecular weight is 707 g/mol. The van der Waals surface area contributed by atoms with Crippen molar-refractivity contribution in [2.45, 2.75) is 57.0 Å². The SMILES string of the molecule is CN(Cc1ccccn1)C1CC(N(C)Cc2ccccn2)CC(N(C)Cc2ccccn2)C1.[Cu+2].[O-][Cl+3]([O-])([O-])[O-].[O-][Cl+3]([O-])([O-])[O-]. The number of hydrogen-bond acceptors (Lipinski definition) is 14. The van der Waals surface area contributed by atoms with Gasteiger partial charge in [-0.3, -0.25) is 29.7 Å². The van der Waals surface area contributed by atoms with Gasteiger partial charge >= 0.3 is 17.1 Å². The zero-order valence-electron chi connectivity index (χ0n) is 24.4. The van der Waals surface area contributed by atoms with Gasteiger partial charge in [0.1, 0.15) is 0 Å². The van der Waals surface area contributed by atoms with E-state index in [2.05, 4.69) is 87.2 Å².